The van der Waals surface area contributed by atoms with E-state index in [9.17, 15) is 14.3 Å². The van der Waals surface area contributed by atoms with Gasteiger partial charge < -0.3 is 15.2 Å². The number of carbonyl (C=O) groups excluding carboxylic acids is 1. The van der Waals surface area contributed by atoms with Gasteiger partial charge in [0, 0.05) is 6.54 Å². The fraction of sp³-hybridized carbons (Fsp3) is 0.500. The average molecular weight is 267 g/mol. The molecule has 2 rings (SSSR count). The molecule has 0 spiro atoms. The third-order valence-electron chi connectivity index (χ3n) is 3.09. The number of rotatable bonds is 7. The zero-order valence-corrected chi connectivity index (χ0v) is 10.6. The molecule has 1 amide bonds. The van der Waals surface area contributed by atoms with E-state index in [0.29, 0.717) is 18.2 Å². The molecular formula is C14H18FNO3. The van der Waals surface area contributed by atoms with Gasteiger partial charge in [0.2, 0.25) is 5.91 Å². The van der Waals surface area contributed by atoms with Crippen LogP contribution in [0.25, 0.3) is 0 Å². The molecule has 0 radical (unpaired) electrons. The predicted octanol–water partition coefficient (Wildman–Crippen LogP) is 1.48. The second-order valence-corrected chi connectivity index (χ2v) is 4.76. The van der Waals surface area contributed by atoms with Crippen LogP contribution >= 0.6 is 0 Å². The summed E-state index contributed by atoms with van der Waals surface area (Å²) in [5.41, 5.74) is 0. The van der Waals surface area contributed by atoms with Crippen molar-refractivity contribution in [3.05, 3.63) is 30.1 Å². The maximum absolute atomic E-state index is 12.6. The summed E-state index contributed by atoms with van der Waals surface area (Å²) in [6.07, 6.45) is 1.88. The van der Waals surface area contributed by atoms with Crippen molar-refractivity contribution in [1.82, 2.24) is 5.32 Å². The Morgan fingerprint density at radius 2 is 2.11 bits per heavy atom. The van der Waals surface area contributed by atoms with Gasteiger partial charge in [-0.1, -0.05) is 0 Å². The van der Waals surface area contributed by atoms with E-state index in [1.54, 1.807) is 0 Å². The third-order valence-corrected chi connectivity index (χ3v) is 3.09. The van der Waals surface area contributed by atoms with Crippen molar-refractivity contribution in [1.29, 1.82) is 0 Å². The van der Waals surface area contributed by atoms with Crippen molar-refractivity contribution in [2.24, 2.45) is 5.92 Å². The van der Waals surface area contributed by atoms with Crippen molar-refractivity contribution >= 4 is 5.91 Å². The Bertz CT molecular complexity index is 417. The zero-order chi connectivity index (χ0) is 13.7. The summed E-state index contributed by atoms with van der Waals surface area (Å²) in [7, 11) is 0. The molecule has 2 N–H and O–H groups in total. The highest BCUT2D eigenvalue weighted by atomic mass is 19.1. The van der Waals surface area contributed by atoms with Crippen molar-refractivity contribution in [3.8, 4) is 5.75 Å². The Labute approximate surface area is 111 Å². The molecule has 4 nitrogen and oxygen atoms in total. The normalized spacial score (nSPS) is 15.9. The molecule has 1 saturated carbocycles. The first-order valence-electron chi connectivity index (χ1n) is 6.48. The number of aliphatic hydroxyl groups excluding tert-OH is 1. The Hall–Kier alpha value is -1.62. The van der Waals surface area contributed by atoms with Crippen LogP contribution in [-0.2, 0) is 4.79 Å². The van der Waals surface area contributed by atoms with Crippen molar-refractivity contribution in [2.45, 2.75) is 25.4 Å². The van der Waals surface area contributed by atoms with E-state index < -0.39 is 6.10 Å². The molecule has 1 atom stereocenters. The second-order valence-electron chi connectivity index (χ2n) is 4.76. The molecule has 19 heavy (non-hydrogen) atoms. The highest BCUT2D eigenvalue weighted by molar-refractivity contribution is 5.76. The number of nitrogens with one attached hydrogen (secondary N) is 1. The molecule has 1 unspecified atom stereocenters. The van der Waals surface area contributed by atoms with Crippen LogP contribution in [0.2, 0.25) is 0 Å². The summed E-state index contributed by atoms with van der Waals surface area (Å²) >= 11 is 0. The Balaban J connectivity index is 1.59. The summed E-state index contributed by atoms with van der Waals surface area (Å²) in [6, 6.07) is 5.65. The minimum absolute atomic E-state index is 0.151. The van der Waals surface area contributed by atoms with Gasteiger partial charge in [-0.05, 0) is 43.0 Å². The van der Waals surface area contributed by atoms with Gasteiger partial charge in [-0.3, -0.25) is 4.79 Å². The van der Waals surface area contributed by atoms with Crippen LogP contribution in [0.1, 0.15) is 19.3 Å². The minimum atomic E-state index is -0.429. The molecule has 0 aromatic heterocycles. The van der Waals surface area contributed by atoms with Gasteiger partial charge in [-0.2, -0.15) is 0 Å². The van der Waals surface area contributed by atoms with Gasteiger partial charge >= 0.3 is 0 Å². The molecule has 0 heterocycles. The van der Waals surface area contributed by atoms with Crippen LogP contribution in [-0.4, -0.2) is 30.3 Å². The largest absolute Gasteiger partial charge is 0.493 e. The number of aliphatic hydroxyl groups is 1. The highest BCUT2D eigenvalue weighted by Crippen LogP contribution is 2.32. The summed E-state index contributed by atoms with van der Waals surface area (Å²) in [6.45, 7) is 0.539. The first-order valence-corrected chi connectivity index (χ1v) is 6.48. The van der Waals surface area contributed by atoms with Crippen molar-refractivity contribution in [2.75, 3.05) is 13.2 Å². The number of hydrogen-bond donors (Lipinski definition) is 2. The lowest BCUT2D eigenvalue weighted by Gasteiger charge is -2.11. The first kappa shape index (κ1) is 13.8. The SMILES string of the molecule is O=C(CCOc1ccc(F)cc1)NCC(O)C1CC1. The second kappa shape index (κ2) is 6.52. The van der Waals surface area contributed by atoms with Gasteiger partial charge in [0.25, 0.3) is 0 Å². The fourth-order valence-corrected chi connectivity index (χ4v) is 1.75. The Morgan fingerprint density at radius 3 is 2.74 bits per heavy atom. The van der Waals surface area contributed by atoms with Crippen LogP contribution in [0, 0.1) is 11.7 Å². The van der Waals surface area contributed by atoms with E-state index in [-0.39, 0.29) is 24.8 Å². The van der Waals surface area contributed by atoms with E-state index in [4.69, 9.17) is 4.74 Å². The van der Waals surface area contributed by atoms with E-state index in [1.807, 2.05) is 0 Å². The standard InChI is InChI=1S/C14H18FNO3/c15-11-3-5-12(6-4-11)19-8-7-14(18)16-9-13(17)10-1-2-10/h3-6,10,13,17H,1-2,7-9H2,(H,16,18). The van der Waals surface area contributed by atoms with Gasteiger partial charge in [0.05, 0.1) is 19.1 Å². The zero-order valence-electron chi connectivity index (χ0n) is 10.6. The summed E-state index contributed by atoms with van der Waals surface area (Å²) in [4.78, 5) is 11.5. The lowest BCUT2D eigenvalue weighted by Crippen LogP contribution is -2.33. The van der Waals surface area contributed by atoms with Crippen LogP contribution in [0.15, 0.2) is 24.3 Å². The summed E-state index contributed by atoms with van der Waals surface area (Å²) in [5.74, 6) is 0.420. The molecule has 0 aliphatic heterocycles. The molecule has 1 fully saturated rings. The lowest BCUT2D eigenvalue weighted by atomic mass is 10.2. The van der Waals surface area contributed by atoms with E-state index in [2.05, 4.69) is 5.32 Å². The van der Waals surface area contributed by atoms with E-state index in [0.717, 1.165) is 12.8 Å². The molecule has 1 aromatic rings. The number of benzene rings is 1. The quantitative estimate of drug-likeness (QED) is 0.786. The Kier molecular flexibility index (Phi) is 4.74. The predicted molar refractivity (Wildman–Crippen MR) is 68.3 cm³/mol. The summed E-state index contributed by atoms with van der Waals surface area (Å²) in [5, 5.41) is 12.3. The molecule has 0 saturated heterocycles. The topological polar surface area (TPSA) is 58.6 Å². The van der Waals surface area contributed by atoms with Crippen molar-refractivity contribution < 1.29 is 19.0 Å². The number of amides is 1. The minimum Gasteiger partial charge on any atom is -0.493 e. The number of carbonyl (C=O) groups is 1. The van der Waals surface area contributed by atoms with E-state index >= 15 is 0 Å². The van der Waals surface area contributed by atoms with Crippen LogP contribution in [0.5, 0.6) is 5.75 Å². The van der Waals surface area contributed by atoms with Crippen molar-refractivity contribution in [3.63, 3.8) is 0 Å². The number of halogens is 1. The number of hydrogen-bond acceptors (Lipinski definition) is 3. The Morgan fingerprint density at radius 1 is 1.42 bits per heavy atom. The first-order chi connectivity index (χ1) is 9.15. The lowest BCUT2D eigenvalue weighted by molar-refractivity contribution is -0.122. The molecule has 0 bridgehead atoms. The summed E-state index contributed by atoms with van der Waals surface area (Å²) < 4.78 is 17.9. The van der Waals surface area contributed by atoms with Gasteiger partial charge in [0.1, 0.15) is 11.6 Å². The van der Waals surface area contributed by atoms with Gasteiger partial charge in [-0.15, -0.1) is 0 Å². The number of ether oxygens (including phenoxy) is 1. The smallest absolute Gasteiger partial charge is 0.223 e. The van der Waals surface area contributed by atoms with Crippen LogP contribution in [0.4, 0.5) is 4.39 Å². The van der Waals surface area contributed by atoms with Crippen LogP contribution < -0.4 is 10.1 Å². The van der Waals surface area contributed by atoms with Gasteiger partial charge in [0.15, 0.2) is 0 Å². The van der Waals surface area contributed by atoms with Crippen LogP contribution in [0.3, 0.4) is 0 Å². The molecule has 5 heteroatoms. The molecule has 1 aromatic carbocycles. The van der Waals surface area contributed by atoms with E-state index in [1.165, 1.54) is 24.3 Å². The average Bonchev–Trinajstić information content (AvgIpc) is 3.23. The maximum atomic E-state index is 12.6. The molecule has 1 aliphatic rings. The maximum Gasteiger partial charge on any atom is 0.223 e. The third kappa shape index (κ3) is 4.87. The fourth-order valence-electron chi connectivity index (χ4n) is 1.75. The highest BCUT2D eigenvalue weighted by Gasteiger charge is 2.29. The molecule has 104 valence electrons. The van der Waals surface area contributed by atoms with Gasteiger partial charge in [-0.25, -0.2) is 4.39 Å². The molecular weight excluding hydrogens is 249 g/mol. The molecule has 1 aliphatic carbocycles. The monoisotopic (exact) mass is 267 g/mol.